The molecule has 2 aliphatic heterocycles. The number of hydrogen-bond acceptors (Lipinski definition) is 6. The van der Waals surface area contributed by atoms with Gasteiger partial charge in [0.2, 0.25) is 0 Å². The van der Waals surface area contributed by atoms with Crippen molar-refractivity contribution in [2.75, 3.05) is 51.8 Å². The quantitative estimate of drug-likeness (QED) is 0.831. The minimum Gasteiger partial charge on any atom is -0.422 e. The number of benzene rings is 1. The van der Waals surface area contributed by atoms with E-state index in [4.69, 9.17) is 9.15 Å². The number of piperazine rings is 1. The Hall–Kier alpha value is -1.89. The fraction of sp³-hybridized carbons (Fsp3) is 0.571. The first-order valence-corrected chi connectivity index (χ1v) is 9.75. The lowest BCUT2D eigenvalue weighted by Crippen LogP contribution is -2.53. The molecule has 1 aromatic carbocycles. The van der Waals surface area contributed by atoms with Crippen molar-refractivity contribution in [2.45, 2.75) is 32.9 Å². The Labute approximate surface area is 160 Å². The van der Waals surface area contributed by atoms with Gasteiger partial charge >= 0.3 is 5.63 Å². The number of hydrogen-bond donors (Lipinski definition) is 1. The van der Waals surface area contributed by atoms with Gasteiger partial charge in [0.25, 0.3) is 0 Å². The molecule has 3 heterocycles. The van der Waals surface area contributed by atoms with Crippen LogP contribution in [0.3, 0.4) is 0 Å². The van der Waals surface area contributed by atoms with Crippen LogP contribution in [0, 0.1) is 13.8 Å². The van der Waals surface area contributed by atoms with Gasteiger partial charge in [0.15, 0.2) is 0 Å². The molecule has 2 aromatic rings. The summed E-state index contributed by atoms with van der Waals surface area (Å²) >= 11 is 0. The van der Waals surface area contributed by atoms with Crippen LogP contribution in [-0.4, -0.2) is 57.9 Å². The van der Waals surface area contributed by atoms with Gasteiger partial charge in [0.05, 0.1) is 18.2 Å². The van der Waals surface area contributed by atoms with Crippen LogP contribution in [0.15, 0.2) is 15.3 Å². The number of nitrogens with one attached hydrogen (secondary N) is 1. The maximum atomic E-state index is 12.6. The molecule has 1 saturated heterocycles. The summed E-state index contributed by atoms with van der Waals surface area (Å²) in [6, 6.07) is 2.63. The molecule has 6 heteroatoms. The zero-order valence-corrected chi connectivity index (χ0v) is 16.7. The molecule has 0 amide bonds. The maximum Gasteiger partial charge on any atom is 0.341 e. The van der Waals surface area contributed by atoms with Gasteiger partial charge in [0.1, 0.15) is 5.58 Å². The number of aryl methyl sites for hydroxylation is 2. The Bertz CT molecular complexity index is 921. The van der Waals surface area contributed by atoms with Crippen LogP contribution >= 0.6 is 0 Å². The Kier molecular flexibility index (Phi) is 4.97. The number of ether oxygens (including phenoxy) is 1. The van der Waals surface area contributed by atoms with E-state index in [-0.39, 0.29) is 5.63 Å². The fourth-order valence-electron chi connectivity index (χ4n) is 4.55. The molecule has 0 aliphatic carbocycles. The number of methoxy groups -OCH3 is 1. The number of likely N-dealkylation sites (N-methyl/N-ethyl adjacent to an activating group) is 1. The lowest BCUT2D eigenvalue weighted by atomic mass is 9.93. The van der Waals surface area contributed by atoms with E-state index in [0.717, 1.165) is 54.7 Å². The Morgan fingerprint density at radius 2 is 2.11 bits per heavy atom. The van der Waals surface area contributed by atoms with Gasteiger partial charge in [-0.05, 0) is 51.1 Å². The van der Waals surface area contributed by atoms with Crippen molar-refractivity contribution in [3.05, 3.63) is 38.7 Å². The molecular weight excluding hydrogens is 342 g/mol. The zero-order valence-electron chi connectivity index (χ0n) is 16.7. The minimum absolute atomic E-state index is 0.194. The Morgan fingerprint density at radius 1 is 1.30 bits per heavy atom. The molecule has 1 aromatic heterocycles. The third-order valence-electron chi connectivity index (χ3n) is 6.14. The summed E-state index contributed by atoms with van der Waals surface area (Å²) in [7, 11) is 3.91. The molecule has 2 aliphatic rings. The van der Waals surface area contributed by atoms with Crippen molar-refractivity contribution < 1.29 is 9.15 Å². The lowest BCUT2D eigenvalue weighted by Gasteiger charge is -2.41. The van der Waals surface area contributed by atoms with E-state index in [9.17, 15) is 4.79 Å². The first-order valence-electron chi connectivity index (χ1n) is 9.75. The number of rotatable bonds is 3. The van der Waals surface area contributed by atoms with E-state index in [1.165, 1.54) is 16.8 Å². The summed E-state index contributed by atoms with van der Waals surface area (Å²) in [6.45, 7) is 9.30. The van der Waals surface area contributed by atoms with Gasteiger partial charge in [-0.15, -0.1) is 0 Å². The van der Waals surface area contributed by atoms with Crippen molar-refractivity contribution in [3.8, 4) is 0 Å². The molecule has 27 heavy (non-hydrogen) atoms. The van der Waals surface area contributed by atoms with E-state index in [1.807, 2.05) is 0 Å². The second kappa shape index (κ2) is 7.26. The van der Waals surface area contributed by atoms with Gasteiger partial charge in [-0.3, -0.25) is 4.90 Å². The predicted molar refractivity (Wildman–Crippen MR) is 108 cm³/mol. The molecule has 146 valence electrons. The summed E-state index contributed by atoms with van der Waals surface area (Å²) in [4.78, 5) is 17.3. The van der Waals surface area contributed by atoms with Gasteiger partial charge in [-0.25, -0.2) is 4.79 Å². The number of anilines is 1. The highest BCUT2D eigenvalue weighted by Gasteiger charge is 2.27. The Balaban J connectivity index is 1.82. The molecule has 1 N–H and O–H groups in total. The van der Waals surface area contributed by atoms with Crippen LogP contribution in [-0.2, 0) is 17.7 Å². The highest BCUT2D eigenvalue weighted by atomic mass is 16.5. The molecule has 0 bridgehead atoms. The smallest absolute Gasteiger partial charge is 0.341 e. The SMILES string of the molecule is COC[C@H]1CN(c2cc(C)c3c4c(c(=O)oc3c2C)CNCC4)CCN1C. The average molecular weight is 371 g/mol. The monoisotopic (exact) mass is 371 g/mol. The van der Waals surface area contributed by atoms with Crippen LogP contribution in [0.5, 0.6) is 0 Å². The summed E-state index contributed by atoms with van der Waals surface area (Å²) in [6.07, 6.45) is 0.876. The molecule has 0 unspecified atom stereocenters. The molecular formula is C21H29N3O3. The highest BCUT2D eigenvalue weighted by molar-refractivity contribution is 5.91. The molecule has 1 fully saturated rings. The predicted octanol–water partition coefficient (Wildman–Crippen LogP) is 1.82. The summed E-state index contributed by atoms with van der Waals surface area (Å²) < 4.78 is 11.2. The molecule has 6 nitrogen and oxygen atoms in total. The van der Waals surface area contributed by atoms with Gasteiger partial charge in [-0.2, -0.15) is 0 Å². The lowest BCUT2D eigenvalue weighted by molar-refractivity contribution is 0.0987. The van der Waals surface area contributed by atoms with Crippen molar-refractivity contribution in [1.29, 1.82) is 0 Å². The largest absolute Gasteiger partial charge is 0.422 e. The van der Waals surface area contributed by atoms with Gasteiger partial charge < -0.3 is 19.4 Å². The van der Waals surface area contributed by atoms with Crippen LogP contribution < -0.4 is 15.8 Å². The van der Waals surface area contributed by atoms with Crippen molar-refractivity contribution in [1.82, 2.24) is 10.2 Å². The summed E-state index contributed by atoms with van der Waals surface area (Å²) in [5, 5.41) is 4.41. The summed E-state index contributed by atoms with van der Waals surface area (Å²) in [5.41, 5.74) is 5.96. The van der Waals surface area contributed by atoms with E-state index < -0.39 is 0 Å². The molecule has 0 saturated carbocycles. The highest BCUT2D eigenvalue weighted by Crippen LogP contribution is 2.35. The van der Waals surface area contributed by atoms with Crippen LogP contribution in [0.1, 0.15) is 22.3 Å². The van der Waals surface area contributed by atoms with Gasteiger partial charge in [0, 0.05) is 49.9 Å². The van der Waals surface area contributed by atoms with Crippen LogP contribution in [0.25, 0.3) is 11.0 Å². The fourth-order valence-corrected chi connectivity index (χ4v) is 4.55. The summed E-state index contributed by atoms with van der Waals surface area (Å²) in [5.74, 6) is 0. The maximum absolute atomic E-state index is 12.6. The van der Waals surface area contributed by atoms with E-state index in [1.54, 1.807) is 7.11 Å². The first kappa shape index (κ1) is 18.5. The normalized spacial score (nSPS) is 20.9. The van der Waals surface area contributed by atoms with Crippen LogP contribution in [0.2, 0.25) is 0 Å². The minimum atomic E-state index is -0.194. The zero-order chi connectivity index (χ0) is 19.1. The molecule has 0 radical (unpaired) electrons. The molecule has 0 spiro atoms. The average Bonchev–Trinajstić information content (AvgIpc) is 2.66. The van der Waals surface area contributed by atoms with Gasteiger partial charge in [-0.1, -0.05) is 0 Å². The molecule has 4 rings (SSSR count). The molecule has 1 atom stereocenters. The van der Waals surface area contributed by atoms with E-state index >= 15 is 0 Å². The van der Waals surface area contributed by atoms with Crippen LogP contribution in [0.4, 0.5) is 5.69 Å². The second-order valence-electron chi connectivity index (χ2n) is 7.85. The number of fused-ring (bicyclic) bond motifs is 3. The topological polar surface area (TPSA) is 58.0 Å². The van der Waals surface area contributed by atoms with Crippen molar-refractivity contribution >= 4 is 16.7 Å². The third-order valence-corrected chi connectivity index (χ3v) is 6.14. The van der Waals surface area contributed by atoms with E-state index in [0.29, 0.717) is 19.2 Å². The Morgan fingerprint density at radius 3 is 2.89 bits per heavy atom. The third kappa shape index (κ3) is 3.16. The van der Waals surface area contributed by atoms with Crippen molar-refractivity contribution in [3.63, 3.8) is 0 Å². The second-order valence-corrected chi connectivity index (χ2v) is 7.85. The number of nitrogens with zero attached hydrogens (tertiary/aromatic N) is 2. The van der Waals surface area contributed by atoms with Crippen molar-refractivity contribution in [2.24, 2.45) is 0 Å². The standard InChI is InChI=1S/C21H29N3O3/c1-13-9-18(24-8-7-23(3)15(11-24)12-26-4)14(2)20-19(13)16-5-6-22-10-17(16)21(25)27-20/h9,15,22H,5-8,10-12H2,1-4H3/t15-/m1/s1. The first-order chi connectivity index (χ1) is 13.0. The van der Waals surface area contributed by atoms with E-state index in [2.05, 4.69) is 42.1 Å².